The molecule has 2 N–H and O–H groups in total. The van der Waals surface area contributed by atoms with Gasteiger partial charge in [-0.1, -0.05) is 49.2 Å². The van der Waals surface area contributed by atoms with Crippen molar-refractivity contribution in [3.05, 3.63) is 63.9 Å². The minimum Gasteiger partial charge on any atom is -0.355 e. The van der Waals surface area contributed by atoms with E-state index < -0.39 is 5.82 Å². The van der Waals surface area contributed by atoms with Crippen LogP contribution in [0.2, 0.25) is 5.02 Å². The minimum atomic E-state index is -0.448. The molecular weight excluding hydrogens is 343 g/mol. The first kappa shape index (κ1) is 18.7. The molecule has 0 bridgehead atoms. The molecule has 2 rings (SSSR count). The van der Waals surface area contributed by atoms with Crippen LogP contribution in [-0.2, 0) is 0 Å². The van der Waals surface area contributed by atoms with Crippen molar-refractivity contribution in [1.82, 2.24) is 5.32 Å². The number of hydrogen-bond donors (Lipinski definition) is 2. The molecule has 0 amide bonds. The summed E-state index contributed by atoms with van der Waals surface area (Å²) in [6.07, 6.45) is 0. The van der Waals surface area contributed by atoms with E-state index in [1.807, 2.05) is 0 Å². The van der Waals surface area contributed by atoms with Crippen LogP contribution in [0.4, 0.5) is 10.1 Å². The Morgan fingerprint density at radius 3 is 2.42 bits per heavy atom. The van der Waals surface area contributed by atoms with Crippen molar-refractivity contribution in [3.8, 4) is 0 Å². The van der Waals surface area contributed by atoms with Gasteiger partial charge in [-0.15, -0.1) is 0 Å². The first-order chi connectivity index (χ1) is 11.3. The fourth-order valence-corrected chi connectivity index (χ4v) is 3.09. The Kier molecular flexibility index (Phi) is 6.19. The highest BCUT2D eigenvalue weighted by Crippen LogP contribution is 2.26. The third-order valence-corrected chi connectivity index (χ3v) is 4.40. The molecule has 5 heteroatoms. The summed E-state index contributed by atoms with van der Waals surface area (Å²) >= 11 is 11.2. The van der Waals surface area contributed by atoms with Gasteiger partial charge in [0, 0.05) is 5.69 Å². The second kappa shape index (κ2) is 7.95. The number of thiocarbonyl (C=S) groups is 1. The van der Waals surface area contributed by atoms with Crippen LogP contribution >= 0.6 is 23.8 Å². The van der Waals surface area contributed by atoms with Crippen LogP contribution in [0.25, 0.3) is 0 Å². The standard InChI is InChI=1S/C19H22ClFN2S/c1-11(2)18(15-7-5-12(3)9-13(15)4)23-19(24)22-14-6-8-17(21)16(20)10-14/h5-11,18H,1-4H3,(H2,22,23,24)/t18-/m1/s1. The lowest BCUT2D eigenvalue weighted by atomic mass is 9.92. The predicted octanol–water partition coefficient (Wildman–Crippen LogP) is 5.78. The van der Waals surface area contributed by atoms with E-state index in [0.29, 0.717) is 16.7 Å². The lowest BCUT2D eigenvalue weighted by molar-refractivity contribution is 0.471. The Labute approximate surface area is 153 Å². The van der Waals surface area contributed by atoms with Crippen LogP contribution < -0.4 is 10.6 Å². The van der Waals surface area contributed by atoms with Crippen molar-refractivity contribution in [2.45, 2.75) is 33.7 Å². The van der Waals surface area contributed by atoms with Gasteiger partial charge in [-0.2, -0.15) is 0 Å². The Morgan fingerprint density at radius 1 is 1.12 bits per heavy atom. The van der Waals surface area contributed by atoms with Gasteiger partial charge in [0.1, 0.15) is 5.82 Å². The second-order valence-corrected chi connectivity index (χ2v) is 7.12. The number of aryl methyl sites for hydroxylation is 2. The van der Waals surface area contributed by atoms with Crippen LogP contribution in [0, 0.1) is 25.6 Å². The number of benzene rings is 2. The molecule has 0 saturated carbocycles. The smallest absolute Gasteiger partial charge is 0.171 e. The molecule has 1 atom stereocenters. The summed E-state index contributed by atoms with van der Waals surface area (Å²) in [4.78, 5) is 0. The monoisotopic (exact) mass is 364 g/mol. The zero-order chi connectivity index (χ0) is 17.9. The molecular formula is C19H22ClFN2S. The normalized spacial score (nSPS) is 12.1. The maximum atomic E-state index is 13.2. The van der Waals surface area contributed by atoms with E-state index in [4.69, 9.17) is 23.8 Å². The molecule has 0 fully saturated rings. The molecule has 2 aromatic carbocycles. The van der Waals surface area contributed by atoms with Gasteiger partial charge >= 0.3 is 0 Å². The van der Waals surface area contributed by atoms with Gasteiger partial charge in [0.2, 0.25) is 0 Å². The molecule has 0 aliphatic heterocycles. The average Bonchev–Trinajstić information content (AvgIpc) is 2.49. The van der Waals surface area contributed by atoms with E-state index in [1.165, 1.54) is 28.8 Å². The van der Waals surface area contributed by atoms with E-state index in [9.17, 15) is 4.39 Å². The summed E-state index contributed by atoms with van der Waals surface area (Å²) in [6.45, 7) is 8.48. The average molecular weight is 365 g/mol. The van der Waals surface area contributed by atoms with Crippen LogP contribution in [0.5, 0.6) is 0 Å². The summed E-state index contributed by atoms with van der Waals surface area (Å²) in [6, 6.07) is 10.9. The van der Waals surface area contributed by atoms with Gasteiger partial charge < -0.3 is 10.6 Å². The van der Waals surface area contributed by atoms with Gasteiger partial charge in [0.15, 0.2) is 5.11 Å². The van der Waals surface area contributed by atoms with Crippen LogP contribution in [0.3, 0.4) is 0 Å². The van der Waals surface area contributed by atoms with Crippen LogP contribution in [0.15, 0.2) is 36.4 Å². The maximum absolute atomic E-state index is 13.2. The summed E-state index contributed by atoms with van der Waals surface area (Å²) in [5, 5.41) is 6.97. The maximum Gasteiger partial charge on any atom is 0.171 e. The minimum absolute atomic E-state index is 0.0672. The highest BCUT2D eigenvalue weighted by atomic mass is 35.5. The second-order valence-electron chi connectivity index (χ2n) is 6.31. The topological polar surface area (TPSA) is 24.1 Å². The summed E-state index contributed by atoms with van der Waals surface area (Å²) in [5.41, 5.74) is 4.34. The number of anilines is 1. The van der Waals surface area contributed by atoms with Gasteiger partial charge in [0.05, 0.1) is 11.1 Å². The van der Waals surface area contributed by atoms with Crippen molar-refractivity contribution in [2.75, 3.05) is 5.32 Å². The van der Waals surface area contributed by atoms with Crippen LogP contribution in [-0.4, -0.2) is 5.11 Å². The summed E-state index contributed by atoms with van der Waals surface area (Å²) in [5.74, 6) is -0.0978. The molecule has 2 aromatic rings. The van der Waals surface area contributed by atoms with Gasteiger partial charge in [-0.25, -0.2) is 4.39 Å². The molecule has 0 aliphatic carbocycles. The van der Waals surface area contributed by atoms with E-state index >= 15 is 0 Å². The Bertz CT molecular complexity index is 746. The number of hydrogen-bond acceptors (Lipinski definition) is 1. The van der Waals surface area contributed by atoms with Gasteiger partial charge in [0.25, 0.3) is 0 Å². The SMILES string of the molecule is Cc1ccc([C@H](NC(=S)Nc2ccc(F)c(Cl)c2)C(C)C)c(C)c1. The number of nitrogens with one attached hydrogen (secondary N) is 2. The van der Waals surface area contributed by atoms with Gasteiger partial charge in [-0.3, -0.25) is 0 Å². The molecule has 24 heavy (non-hydrogen) atoms. The molecule has 0 radical (unpaired) electrons. The van der Waals surface area contributed by atoms with Gasteiger partial charge in [-0.05, 0) is 61.3 Å². The zero-order valence-corrected chi connectivity index (χ0v) is 15.9. The van der Waals surface area contributed by atoms with Crippen molar-refractivity contribution in [3.63, 3.8) is 0 Å². The quantitative estimate of drug-likeness (QED) is 0.672. The van der Waals surface area contributed by atoms with Crippen molar-refractivity contribution in [2.24, 2.45) is 5.92 Å². The highest BCUT2D eigenvalue weighted by molar-refractivity contribution is 7.80. The fraction of sp³-hybridized carbons (Fsp3) is 0.316. The van der Waals surface area contributed by atoms with Crippen molar-refractivity contribution < 1.29 is 4.39 Å². The predicted molar refractivity (Wildman–Crippen MR) is 104 cm³/mol. The molecule has 0 unspecified atom stereocenters. The summed E-state index contributed by atoms with van der Waals surface area (Å²) < 4.78 is 13.2. The lowest BCUT2D eigenvalue weighted by Crippen LogP contribution is -2.35. The fourth-order valence-electron chi connectivity index (χ4n) is 2.66. The number of halogens is 2. The molecule has 0 saturated heterocycles. The van der Waals surface area contributed by atoms with Crippen molar-refractivity contribution in [1.29, 1.82) is 0 Å². The highest BCUT2D eigenvalue weighted by Gasteiger charge is 2.19. The van der Waals surface area contributed by atoms with E-state index in [0.717, 1.165) is 0 Å². The molecule has 0 aliphatic rings. The number of rotatable bonds is 4. The first-order valence-corrected chi connectivity index (χ1v) is 8.66. The Hall–Kier alpha value is -1.65. The molecule has 128 valence electrons. The lowest BCUT2D eigenvalue weighted by Gasteiger charge is -2.26. The molecule has 0 spiro atoms. The van der Waals surface area contributed by atoms with E-state index in [-0.39, 0.29) is 11.1 Å². The molecule has 0 aromatic heterocycles. The van der Waals surface area contributed by atoms with E-state index in [2.05, 4.69) is 56.5 Å². The molecule has 2 nitrogen and oxygen atoms in total. The zero-order valence-electron chi connectivity index (χ0n) is 14.3. The largest absolute Gasteiger partial charge is 0.355 e. The Balaban J connectivity index is 2.15. The van der Waals surface area contributed by atoms with Crippen LogP contribution in [0.1, 0.15) is 36.6 Å². The molecule has 0 heterocycles. The third kappa shape index (κ3) is 4.68. The van der Waals surface area contributed by atoms with Crippen molar-refractivity contribution >= 4 is 34.6 Å². The first-order valence-electron chi connectivity index (χ1n) is 7.87. The van der Waals surface area contributed by atoms with E-state index in [1.54, 1.807) is 6.07 Å². The third-order valence-electron chi connectivity index (χ3n) is 3.89. The summed E-state index contributed by atoms with van der Waals surface area (Å²) in [7, 11) is 0. The Morgan fingerprint density at radius 2 is 1.83 bits per heavy atom.